The third-order valence-corrected chi connectivity index (χ3v) is 6.65. The Hall–Kier alpha value is -2.97. The number of nitrogens with one attached hydrogen (secondary N) is 1. The van der Waals surface area contributed by atoms with Gasteiger partial charge < -0.3 is 4.74 Å². The quantitative estimate of drug-likeness (QED) is 0.587. The van der Waals surface area contributed by atoms with E-state index in [1.807, 2.05) is 18.2 Å². The fourth-order valence-corrected chi connectivity index (χ4v) is 4.62. The van der Waals surface area contributed by atoms with Gasteiger partial charge in [-0.3, -0.25) is 15.0 Å². The molecule has 7 nitrogen and oxygen atoms in total. The Balaban J connectivity index is 1.89. The summed E-state index contributed by atoms with van der Waals surface area (Å²) < 4.78 is 30.6. The minimum atomic E-state index is -3.92. The standard InChI is InChI=1S/C19H18N2O5S/c22-18(21-23)14-19(10-12-20-13-11-19)27(24,25)17-8-6-16(7-9-17)26-15-4-2-1-3-5-15/h1-10,12-13,23H,11,14H2,(H,21,22). The maximum atomic E-state index is 13.2. The van der Waals surface area contributed by atoms with E-state index in [0.29, 0.717) is 11.5 Å². The summed E-state index contributed by atoms with van der Waals surface area (Å²) in [4.78, 5) is 15.6. The summed E-state index contributed by atoms with van der Waals surface area (Å²) in [6.45, 7) is 0. The summed E-state index contributed by atoms with van der Waals surface area (Å²) >= 11 is 0. The molecule has 1 heterocycles. The summed E-state index contributed by atoms with van der Waals surface area (Å²) in [6.07, 6.45) is 3.78. The Morgan fingerprint density at radius 3 is 2.37 bits per heavy atom. The zero-order valence-corrected chi connectivity index (χ0v) is 15.1. The van der Waals surface area contributed by atoms with Crippen molar-refractivity contribution >= 4 is 22.0 Å². The van der Waals surface area contributed by atoms with Gasteiger partial charge in [0.25, 0.3) is 0 Å². The molecule has 2 aromatic carbocycles. The lowest BCUT2D eigenvalue weighted by molar-refractivity contribution is -0.129. The third kappa shape index (κ3) is 3.91. The van der Waals surface area contributed by atoms with Gasteiger partial charge in [0.05, 0.1) is 11.3 Å². The highest BCUT2D eigenvalue weighted by atomic mass is 32.2. The van der Waals surface area contributed by atoms with Gasteiger partial charge in [-0.25, -0.2) is 13.9 Å². The minimum Gasteiger partial charge on any atom is -0.457 e. The number of hydrogen-bond donors (Lipinski definition) is 2. The van der Waals surface area contributed by atoms with E-state index in [1.165, 1.54) is 36.1 Å². The molecule has 1 atom stereocenters. The average molecular weight is 386 g/mol. The van der Waals surface area contributed by atoms with Crippen molar-refractivity contribution in [1.82, 2.24) is 5.48 Å². The third-order valence-electron chi connectivity index (χ3n) is 4.24. The molecule has 3 rings (SSSR count). The van der Waals surface area contributed by atoms with Crippen LogP contribution in [0.15, 0.2) is 76.8 Å². The number of hydrogen-bond acceptors (Lipinski definition) is 6. The molecule has 0 saturated heterocycles. The molecule has 0 spiro atoms. The van der Waals surface area contributed by atoms with Gasteiger partial charge in [0, 0.05) is 18.8 Å². The van der Waals surface area contributed by atoms with Crippen molar-refractivity contribution in [2.24, 2.45) is 4.99 Å². The van der Waals surface area contributed by atoms with E-state index in [9.17, 15) is 13.2 Å². The highest BCUT2D eigenvalue weighted by molar-refractivity contribution is 7.93. The lowest BCUT2D eigenvalue weighted by atomic mass is 9.99. The highest BCUT2D eigenvalue weighted by Crippen LogP contribution is 2.35. The number of carbonyl (C=O) groups is 1. The SMILES string of the molecule is O=C(CC1(S(=O)(=O)c2ccc(Oc3ccccc3)cc2)C=CN=CC1)NO. The van der Waals surface area contributed by atoms with Gasteiger partial charge in [-0.2, -0.15) is 0 Å². The van der Waals surface area contributed by atoms with Gasteiger partial charge in [-0.05, 0) is 42.5 Å². The normalized spacial score (nSPS) is 18.9. The molecule has 1 aliphatic rings. The molecule has 27 heavy (non-hydrogen) atoms. The van der Waals surface area contributed by atoms with Crippen molar-refractivity contribution in [3.05, 3.63) is 66.9 Å². The van der Waals surface area contributed by atoms with Crippen LogP contribution in [-0.4, -0.2) is 30.5 Å². The summed E-state index contributed by atoms with van der Waals surface area (Å²) in [5, 5.41) is 8.82. The van der Waals surface area contributed by atoms with Gasteiger partial charge in [-0.1, -0.05) is 18.2 Å². The molecule has 1 amide bonds. The lowest BCUT2D eigenvalue weighted by Crippen LogP contribution is -2.42. The van der Waals surface area contributed by atoms with Crippen molar-refractivity contribution < 1.29 is 23.2 Å². The smallest absolute Gasteiger partial charge is 0.245 e. The van der Waals surface area contributed by atoms with Gasteiger partial charge in [0.2, 0.25) is 5.91 Å². The van der Waals surface area contributed by atoms with E-state index in [-0.39, 0.29) is 11.3 Å². The Bertz CT molecular complexity index is 969. The summed E-state index contributed by atoms with van der Waals surface area (Å²) in [5.41, 5.74) is 1.50. The lowest BCUT2D eigenvalue weighted by Gasteiger charge is -2.29. The fourth-order valence-electron chi connectivity index (χ4n) is 2.80. The largest absolute Gasteiger partial charge is 0.457 e. The van der Waals surface area contributed by atoms with Gasteiger partial charge in [0.15, 0.2) is 9.84 Å². The average Bonchev–Trinajstić information content (AvgIpc) is 2.69. The van der Waals surface area contributed by atoms with E-state index in [1.54, 1.807) is 24.3 Å². The molecule has 0 saturated carbocycles. The van der Waals surface area contributed by atoms with Crippen molar-refractivity contribution in [3.63, 3.8) is 0 Å². The van der Waals surface area contributed by atoms with Gasteiger partial charge in [0.1, 0.15) is 16.2 Å². The van der Waals surface area contributed by atoms with Crippen LogP contribution in [0.4, 0.5) is 0 Å². The van der Waals surface area contributed by atoms with Gasteiger partial charge >= 0.3 is 0 Å². The fraction of sp³-hybridized carbons (Fsp3) is 0.158. The molecule has 0 fully saturated rings. The predicted molar refractivity (Wildman–Crippen MR) is 99.7 cm³/mol. The Morgan fingerprint density at radius 1 is 1.11 bits per heavy atom. The monoisotopic (exact) mass is 386 g/mol. The predicted octanol–water partition coefficient (Wildman–Crippen LogP) is 2.88. The maximum absolute atomic E-state index is 13.2. The van der Waals surface area contributed by atoms with Crippen LogP contribution in [0.3, 0.4) is 0 Å². The molecule has 0 radical (unpaired) electrons. The number of hydroxylamine groups is 1. The topological polar surface area (TPSA) is 105 Å². The number of sulfone groups is 1. The molecule has 0 bridgehead atoms. The van der Waals surface area contributed by atoms with E-state index >= 15 is 0 Å². The molecule has 8 heteroatoms. The molecule has 0 aliphatic carbocycles. The highest BCUT2D eigenvalue weighted by Gasteiger charge is 2.44. The Morgan fingerprint density at radius 2 is 1.78 bits per heavy atom. The van der Waals surface area contributed by atoms with E-state index in [4.69, 9.17) is 9.94 Å². The summed E-state index contributed by atoms with van der Waals surface area (Å²) in [6, 6.07) is 15.1. The van der Waals surface area contributed by atoms with E-state index < -0.39 is 26.9 Å². The van der Waals surface area contributed by atoms with Crippen LogP contribution < -0.4 is 10.2 Å². The summed E-state index contributed by atoms with van der Waals surface area (Å²) in [5.74, 6) is 0.334. The van der Waals surface area contributed by atoms with E-state index in [2.05, 4.69) is 4.99 Å². The number of benzene rings is 2. The van der Waals surface area contributed by atoms with Crippen LogP contribution in [0.1, 0.15) is 12.8 Å². The zero-order valence-electron chi connectivity index (χ0n) is 14.3. The van der Waals surface area contributed by atoms with Crippen molar-refractivity contribution in [2.75, 3.05) is 0 Å². The number of carbonyl (C=O) groups excluding carboxylic acids is 1. The van der Waals surface area contributed by atoms with Crippen LogP contribution in [0.2, 0.25) is 0 Å². The number of para-hydroxylation sites is 1. The first-order valence-electron chi connectivity index (χ1n) is 8.17. The van der Waals surface area contributed by atoms with Crippen LogP contribution >= 0.6 is 0 Å². The number of amides is 1. The molecule has 0 aromatic heterocycles. The first kappa shape index (κ1) is 18.8. The minimum absolute atomic E-state index is 0.0293. The molecular formula is C19H18N2O5S. The second-order valence-corrected chi connectivity index (χ2v) is 8.31. The second kappa shape index (κ2) is 7.73. The van der Waals surface area contributed by atoms with E-state index in [0.717, 1.165) is 0 Å². The van der Waals surface area contributed by atoms with Crippen LogP contribution in [-0.2, 0) is 14.6 Å². The number of nitrogens with zero attached hydrogens (tertiary/aromatic N) is 1. The second-order valence-electron chi connectivity index (χ2n) is 6.02. The summed E-state index contributed by atoms with van der Waals surface area (Å²) in [7, 11) is -3.92. The number of ether oxygens (including phenoxy) is 1. The molecule has 2 N–H and O–H groups in total. The molecule has 140 valence electrons. The first-order chi connectivity index (χ1) is 13.0. The Labute approximate surface area is 156 Å². The van der Waals surface area contributed by atoms with Crippen molar-refractivity contribution in [1.29, 1.82) is 0 Å². The maximum Gasteiger partial charge on any atom is 0.245 e. The Kier molecular flexibility index (Phi) is 5.38. The van der Waals surface area contributed by atoms with Crippen LogP contribution in [0, 0.1) is 0 Å². The first-order valence-corrected chi connectivity index (χ1v) is 9.65. The zero-order chi connectivity index (χ0) is 19.3. The van der Waals surface area contributed by atoms with Crippen LogP contribution in [0.25, 0.3) is 0 Å². The van der Waals surface area contributed by atoms with Crippen LogP contribution in [0.5, 0.6) is 11.5 Å². The van der Waals surface area contributed by atoms with Crippen molar-refractivity contribution in [3.8, 4) is 11.5 Å². The molecule has 1 aliphatic heterocycles. The number of rotatable bonds is 6. The molecule has 1 unspecified atom stereocenters. The molecule has 2 aromatic rings. The van der Waals surface area contributed by atoms with Crippen molar-refractivity contribution in [2.45, 2.75) is 22.5 Å². The number of aliphatic imine (C=N–C) groups is 1. The molecular weight excluding hydrogens is 368 g/mol. The van der Waals surface area contributed by atoms with Gasteiger partial charge in [-0.15, -0.1) is 0 Å².